The van der Waals surface area contributed by atoms with Crippen LogP contribution in [0.1, 0.15) is 0 Å². The van der Waals surface area contributed by atoms with Gasteiger partial charge < -0.3 is 19.3 Å². The lowest BCUT2D eigenvalue weighted by atomic mass is 10.2. The van der Waals surface area contributed by atoms with Crippen LogP contribution in [0.15, 0.2) is 18.2 Å². The summed E-state index contributed by atoms with van der Waals surface area (Å²) >= 11 is 0. The average Bonchev–Trinajstić information content (AvgIpc) is 2.26. The first kappa shape index (κ1) is 11.8. The van der Waals surface area contributed by atoms with E-state index in [1.165, 1.54) is 6.07 Å². The molecule has 1 heterocycles. The molecule has 17 heavy (non-hydrogen) atoms. The largest absolute Gasteiger partial charge is 0.573 e. The fraction of sp³-hybridized carbons (Fsp3) is 0.400. The van der Waals surface area contributed by atoms with Gasteiger partial charge in [0.05, 0.1) is 6.61 Å². The van der Waals surface area contributed by atoms with Gasteiger partial charge in [-0.3, -0.25) is 0 Å². The molecule has 0 bridgehead atoms. The van der Waals surface area contributed by atoms with Gasteiger partial charge in [0.15, 0.2) is 17.6 Å². The molecule has 1 N–H and O–H groups in total. The average molecular weight is 250 g/mol. The molecule has 0 spiro atoms. The van der Waals surface area contributed by atoms with Crippen LogP contribution < -0.4 is 14.2 Å². The van der Waals surface area contributed by atoms with Crippen molar-refractivity contribution in [2.24, 2.45) is 0 Å². The monoisotopic (exact) mass is 250 g/mol. The van der Waals surface area contributed by atoms with E-state index in [0.717, 1.165) is 12.1 Å². The highest BCUT2D eigenvalue weighted by molar-refractivity contribution is 5.46. The van der Waals surface area contributed by atoms with Crippen molar-refractivity contribution < 1.29 is 32.5 Å². The van der Waals surface area contributed by atoms with E-state index in [4.69, 9.17) is 14.6 Å². The summed E-state index contributed by atoms with van der Waals surface area (Å²) in [6.07, 6.45) is -5.33. The van der Waals surface area contributed by atoms with Crippen molar-refractivity contribution in [2.45, 2.75) is 12.5 Å². The maximum absolute atomic E-state index is 12.0. The molecule has 1 aromatic carbocycles. The van der Waals surface area contributed by atoms with Crippen LogP contribution in [0.2, 0.25) is 0 Å². The predicted molar refractivity (Wildman–Crippen MR) is 50.1 cm³/mol. The van der Waals surface area contributed by atoms with E-state index < -0.39 is 18.2 Å². The highest BCUT2D eigenvalue weighted by atomic mass is 19.4. The van der Waals surface area contributed by atoms with Gasteiger partial charge in [0.2, 0.25) is 0 Å². The molecule has 7 heteroatoms. The quantitative estimate of drug-likeness (QED) is 0.868. The minimum Gasteiger partial charge on any atom is -0.486 e. The Labute approximate surface area is 94.5 Å². The fourth-order valence-electron chi connectivity index (χ4n) is 1.38. The van der Waals surface area contributed by atoms with Gasteiger partial charge in [0, 0.05) is 6.07 Å². The molecular formula is C10H9F3O4. The van der Waals surface area contributed by atoms with Crippen LogP contribution in [0.5, 0.6) is 17.2 Å². The number of ether oxygens (including phenoxy) is 3. The molecule has 0 saturated carbocycles. The molecule has 4 nitrogen and oxygen atoms in total. The van der Waals surface area contributed by atoms with Crippen molar-refractivity contribution in [3.05, 3.63) is 18.2 Å². The number of aliphatic hydroxyl groups is 1. The number of halogens is 3. The Bertz CT molecular complexity index is 405. The number of hydrogen-bond donors (Lipinski definition) is 1. The van der Waals surface area contributed by atoms with Gasteiger partial charge >= 0.3 is 6.36 Å². The summed E-state index contributed by atoms with van der Waals surface area (Å²) in [4.78, 5) is 0. The number of rotatable bonds is 2. The number of aliphatic hydroxyl groups excluding tert-OH is 1. The molecule has 2 rings (SSSR count). The molecule has 1 unspecified atom stereocenters. The van der Waals surface area contributed by atoms with Gasteiger partial charge in [-0.25, -0.2) is 0 Å². The Morgan fingerprint density at radius 2 is 2.12 bits per heavy atom. The molecule has 0 aliphatic carbocycles. The summed E-state index contributed by atoms with van der Waals surface area (Å²) in [6, 6.07) is 3.53. The molecule has 1 atom stereocenters. The maximum Gasteiger partial charge on any atom is 0.573 e. The van der Waals surface area contributed by atoms with Crippen LogP contribution in [0, 0.1) is 0 Å². The minimum absolute atomic E-state index is 0.122. The third-order valence-electron chi connectivity index (χ3n) is 2.07. The Morgan fingerprint density at radius 1 is 1.35 bits per heavy atom. The summed E-state index contributed by atoms with van der Waals surface area (Å²) in [5.74, 6) is 0.0553. The van der Waals surface area contributed by atoms with Crippen molar-refractivity contribution in [1.29, 1.82) is 0 Å². The van der Waals surface area contributed by atoms with E-state index in [1.807, 2.05) is 0 Å². The molecule has 1 aromatic rings. The SMILES string of the molecule is OCC1COc2ccc(OC(F)(F)F)cc2O1. The molecule has 94 valence electrons. The molecular weight excluding hydrogens is 241 g/mol. The zero-order valence-corrected chi connectivity index (χ0v) is 8.53. The van der Waals surface area contributed by atoms with Crippen molar-refractivity contribution in [3.63, 3.8) is 0 Å². The molecule has 0 radical (unpaired) electrons. The molecule has 0 amide bonds. The van der Waals surface area contributed by atoms with E-state index in [-0.39, 0.29) is 19.0 Å². The Kier molecular flexibility index (Phi) is 3.01. The van der Waals surface area contributed by atoms with Crippen molar-refractivity contribution >= 4 is 0 Å². The number of hydrogen-bond acceptors (Lipinski definition) is 4. The fourth-order valence-corrected chi connectivity index (χ4v) is 1.38. The Hall–Kier alpha value is -1.63. The molecule has 0 aromatic heterocycles. The van der Waals surface area contributed by atoms with E-state index in [1.54, 1.807) is 0 Å². The normalized spacial score (nSPS) is 18.9. The van der Waals surface area contributed by atoms with E-state index in [9.17, 15) is 13.2 Å². The number of alkyl halides is 3. The van der Waals surface area contributed by atoms with Crippen LogP contribution in [-0.2, 0) is 0 Å². The van der Waals surface area contributed by atoms with Crippen molar-refractivity contribution in [1.82, 2.24) is 0 Å². The first-order chi connectivity index (χ1) is 7.98. The highest BCUT2D eigenvalue weighted by Gasteiger charge is 2.32. The predicted octanol–water partition coefficient (Wildman–Crippen LogP) is 1.72. The van der Waals surface area contributed by atoms with Gasteiger partial charge in [0.1, 0.15) is 12.4 Å². The van der Waals surface area contributed by atoms with Crippen LogP contribution in [-0.4, -0.2) is 30.8 Å². The first-order valence-electron chi connectivity index (χ1n) is 4.78. The lowest BCUT2D eigenvalue weighted by molar-refractivity contribution is -0.274. The standard InChI is InChI=1S/C10H9F3O4/c11-10(12,13)17-6-1-2-8-9(3-6)16-7(4-14)5-15-8/h1-3,7,14H,4-5H2. The number of fused-ring (bicyclic) bond motifs is 1. The molecule has 1 aliphatic rings. The zero-order chi connectivity index (χ0) is 12.5. The highest BCUT2D eigenvalue weighted by Crippen LogP contribution is 2.36. The second-order valence-electron chi connectivity index (χ2n) is 3.39. The van der Waals surface area contributed by atoms with Gasteiger partial charge in [-0.2, -0.15) is 0 Å². The topological polar surface area (TPSA) is 47.9 Å². The summed E-state index contributed by atoms with van der Waals surface area (Å²) in [7, 11) is 0. The van der Waals surface area contributed by atoms with Gasteiger partial charge in [0.25, 0.3) is 0 Å². The lowest BCUT2D eigenvalue weighted by Gasteiger charge is -2.25. The minimum atomic E-state index is -4.75. The van der Waals surface area contributed by atoms with Gasteiger partial charge in [-0.1, -0.05) is 0 Å². The molecule has 1 aliphatic heterocycles. The summed E-state index contributed by atoms with van der Waals surface area (Å²) in [5.41, 5.74) is 0. The third kappa shape index (κ3) is 2.94. The zero-order valence-electron chi connectivity index (χ0n) is 8.53. The lowest BCUT2D eigenvalue weighted by Crippen LogP contribution is -2.32. The second-order valence-corrected chi connectivity index (χ2v) is 3.39. The van der Waals surface area contributed by atoms with E-state index in [0.29, 0.717) is 5.75 Å². The Balaban J connectivity index is 2.18. The maximum atomic E-state index is 12.0. The van der Waals surface area contributed by atoms with Crippen LogP contribution in [0.4, 0.5) is 13.2 Å². The molecule has 0 fully saturated rings. The van der Waals surface area contributed by atoms with Gasteiger partial charge in [-0.15, -0.1) is 13.2 Å². The summed E-state index contributed by atoms with van der Waals surface area (Å²) in [5, 5.41) is 8.86. The van der Waals surface area contributed by atoms with Crippen molar-refractivity contribution in [3.8, 4) is 17.2 Å². The second kappa shape index (κ2) is 4.33. The summed E-state index contributed by atoms with van der Waals surface area (Å²) in [6.45, 7) is -0.118. The Morgan fingerprint density at radius 3 is 2.76 bits per heavy atom. The number of benzene rings is 1. The van der Waals surface area contributed by atoms with Crippen LogP contribution in [0.3, 0.4) is 0 Å². The van der Waals surface area contributed by atoms with E-state index in [2.05, 4.69) is 4.74 Å². The smallest absolute Gasteiger partial charge is 0.486 e. The third-order valence-corrected chi connectivity index (χ3v) is 2.07. The van der Waals surface area contributed by atoms with Crippen molar-refractivity contribution in [2.75, 3.05) is 13.2 Å². The molecule has 0 saturated heterocycles. The van der Waals surface area contributed by atoms with Gasteiger partial charge in [-0.05, 0) is 12.1 Å². The van der Waals surface area contributed by atoms with Crippen LogP contribution >= 0.6 is 0 Å². The van der Waals surface area contributed by atoms with Crippen LogP contribution in [0.25, 0.3) is 0 Å². The first-order valence-corrected chi connectivity index (χ1v) is 4.78. The van der Waals surface area contributed by atoms with E-state index >= 15 is 0 Å². The summed E-state index contributed by atoms with van der Waals surface area (Å²) < 4.78 is 50.1.